The average Bonchev–Trinajstić information content (AvgIpc) is 3.02. The van der Waals surface area contributed by atoms with Crippen molar-refractivity contribution in [3.8, 4) is 0 Å². The Morgan fingerprint density at radius 1 is 0.253 bits per heavy atom. The third-order valence-corrected chi connectivity index (χ3v) is 16.1. The van der Waals surface area contributed by atoms with Gasteiger partial charge in [-0.3, -0.25) is 29.9 Å². The maximum atomic E-state index is 4.57. The normalized spacial score (nSPS) is 11.0. The Kier molecular flexibility index (Phi) is 24.7. The fraction of sp³-hybridized carbons (Fsp3) is 0.247. The highest BCUT2D eigenvalue weighted by atomic mass is 14.8. The highest BCUT2D eigenvalue weighted by Gasteiger charge is 2.09. The van der Waals surface area contributed by atoms with Crippen molar-refractivity contribution in [1.82, 2.24) is 29.9 Å². The second-order valence-corrected chi connectivity index (χ2v) is 25.2. The Balaban J connectivity index is 0.000000137. The first-order chi connectivity index (χ1) is 44.0. The first kappa shape index (κ1) is 67.4. The first-order valence-electron chi connectivity index (χ1n) is 32.5. The molecule has 91 heavy (non-hydrogen) atoms. The van der Waals surface area contributed by atoms with Crippen molar-refractivity contribution in [1.29, 1.82) is 0 Å². The van der Waals surface area contributed by atoms with E-state index >= 15 is 0 Å². The molecule has 9 aromatic carbocycles. The van der Waals surface area contributed by atoms with Crippen LogP contribution in [0.1, 0.15) is 178 Å². The van der Waals surface area contributed by atoms with E-state index in [9.17, 15) is 0 Å². The molecule has 5 heterocycles. The molecule has 0 N–H and O–H groups in total. The number of nitrogens with zero attached hydrogens (tertiary/aromatic N) is 6. The predicted octanol–water partition coefficient (Wildman–Crippen LogP) is 24.1. The summed E-state index contributed by atoms with van der Waals surface area (Å²) < 4.78 is 0. The minimum atomic E-state index is 0.492. The molecule has 0 radical (unpaired) electrons. The Morgan fingerprint density at radius 2 is 0.725 bits per heavy atom. The van der Waals surface area contributed by atoms with Crippen molar-refractivity contribution in [3.63, 3.8) is 0 Å². The second kappa shape index (κ2) is 33.3. The topological polar surface area (TPSA) is 77.3 Å². The Bertz CT molecular complexity index is 3950. The van der Waals surface area contributed by atoms with Crippen molar-refractivity contribution >= 4 is 75.9 Å². The molecular weight excluding hydrogens is 1100 g/mol. The van der Waals surface area contributed by atoms with E-state index in [0.717, 1.165) is 22.1 Å². The molecule has 0 unspecified atom stereocenters. The number of hydrogen-bond acceptors (Lipinski definition) is 6. The van der Waals surface area contributed by atoms with E-state index < -0.39 is 0 Å². The summed E-state index contributed by atoms with van der Waals surface area (Å²) in [4.78, 5) is 26.0. The van der Waals surface area contributed by atoms with Crippen molar-refractivity contribution in [2.45, 2.75) is 138 Å². The lowest BCUT2D eigenvalue weighted by Crippen LogP contribution is -1.92. The van der Waals surface area contributed by atoms with Crippen LogP contribution in [0, 0.1) is 0 Å². The molecular formula is C85H92N6. The van der Waals surface area contributed by atoms with Crippen LogP contribution in [0.15, 0.2) is 262 Å². The minimum Gasteiger partial charge on any atom is -0.264 e. The molecule has 6 heteroatoms. The van der Waals surface area contributed by atoms with E-state index in [1.165, 1.54) is 93.1 Å². The van der Waals surface area contributed by atoms with Gasteiger partial charge < -0.3 is 0 Å². The summed E-state index contributed by atoms with van der Waals surface area (Å²) in [6, 6.07) is 78.2. The lowest BCUT2D eigenvalue weighted by Gasteiger charge is -2.08. The van der Waals surface area contributed by atoms with Crippen molar-refractivity contribution in [2.75, 3.05) is 0 Å². The maximum Gasteiger partial charge on any atom is 0.0921 e. The number of fused-ring (bicyclic) bond motifs is 7. The number of para-hydroxylation sites is 3. The van der Waals surface area contributed by atoms with Gasteiger partial charge in [-0.1, -0.05) is 279 Å². The summed E-state index contributed by atoms with van der Waals surface area (Å²) in [5.74, 6) is 3.85. The number of rotatable bonds is 7. The number of aromatic nitrogens is 6. The average molecular weight is 1200 g/mol. The van der Waals surface area contributed by atoms with Gasteiger partial charge in [-0.15, -0.1) is 0 Å². The SMILES string of the molecule is CC(C)c1ccc2ccccc2c1.CC(C)c1ccc2ccccc2n1.CC(C)c1cccc2ccccc12.CC(C)c1cccc2cnccc12.CC(C)c1cccc2nccnc12.CC(C)c1ccnc2ccccc12.CC(C)c1nccc2ccccc12. The third kappa shape index (κ3) is 18.5. The maximum absolute atomic E-state index is 4.57. The van der Waals surface area contributed by atoms with Gasteiger partial charge in [0.1, 0.15) is 0 Å². The first-order valence-corrected chi connectivity index (χ1v) is 32.5. The zero-order valence-corrected chi connectivity index (χ0v) is 56.1. The summed E-state index contributed by atoms with van der Waals surface area (Å²) in [5.41, 5.74) is 13.5. The second-order valence-electron chi connectivity index (χ2n) is 25.2. The van der Waals surface area contributed by atoms with E-state index in [2.05, 4.69) is 321 Å². The van der Waals surface area contributed by atoms with Crippen LogP contribution in [0.5, 0.6) is 0 Å². The molecule has 0 spiro atoms. The summed E-state index contributed by atoms with van der Waals surface area (Å²) in [6.45, 7) is 30.8. The lowest BCUT2D eigenvalue weighted by molar-refractivity contribution is 0.830. The van der Waals surface area contributed by atoms with Gasteiger partial charge in [-0.05, 0) is 144 Å². The van der Waals surface area contributed by atoms with Crippen molar-refractivity contribution in [2.24, 2.45) is 0 Å². The van der Waals surface area contributed by atoms with Crippen LogP contribution in [-0.4, -0.2) is 29.9 Å². The van der Waals surface area contributed by atoms with Crippen molar-refractivity contribution in [3.05, 3.63) is 301 Å². The molecule has 0 aliphatic heterocycles. The molecule has 0 bridgehead atoms. The van der Waals surface area contributed by atoms with Crippen LogP contribution < -0.4 is 0 Å². The summed E-state index contributed by atoms with van der Waals surface area (Å²) in [5, 5.41) is 13.0. The summed E-state index contributed by atoms with van der Waals surface area (Å²) in [7, 11) is 0. The molecule has 6 nitrogen and oxygen atoms in total. The van der Waals surface area contributed by atoms with Gasteiger partial charge in [0.05, 0.1) is 27.8 Å². The van der Waals surface area contributed by atoms with Gasteiger partial charge in [0, 0.05) is 64.4 Å². The fourth-order valence-corrected chi connectivity index (χ4v) is 11.1. The van der Waals surface area contributed by atoms with E-state index in [4.69, 9.17) is 0 Å². The molecule has 14 aromatic rings. The molecule has 0 saturated carbocycles. The van der Waals surface area contributed by atoms with Crippen LogP contribution in [0.3, 0.4) is 0 Å². The Morgan fingerprint density at radius 3 is 1.37 bits per heavy atom. The Labute approximate surface area is 542 Å². The van der Waals surface area contributed by atoms with Gasteiger partial charge in [0.15, 0.2) is 0 Å². The van der Waals surface area contributed by atoms with Crippen LogP contribution in [0.2, 0.25) is 0 Å². The van der Waals surface area contributed by atoms with Crippen LogP contribution in [0.4, 0.5) is 0 Å². The Hall–Kier alpha value is -9.52. The monoisotopic (exact) mass is 1200 g/mol. The summed E-state index contributed by atoms with van der Waals surface area (Å²) in [6.07, 6.45) is 11.0. The third-order valence-electron chi connectivity index (χ3n) is 16.1. The van der Waals surface area contributed by atoms with Gasteiger partial charge in [-0.25, -0.2) is 0 Å². The van der Waals surface area contributed by atoms with E-state index in [0.29, 0.717) is 41.4 Å². The zero-order chi connectivity index (χ0) is 64.8. The zero-order valence-electron chi connectivity index (χ0n) is 56.1. The molecule has 0 atom stereocenters. The molecule has 0 aliphatic carbocycles. The van der Waals surface area contributed by atoms with Crippen LogP contribution >= 0.6 is 0 Å². The number of hydrogen-bond donors (Lipinski definition) is 0. The standard InChI is InChI=1S/2C13H14.4C12H13N.C11H12N2/c1-10(2)12-9-5-7-11-6-3-4-8-13(11)12;1-10(2)12-8-7-11-5-3-4-6-13(11)9-12;1-9(2)11-5-3-4-10-8-13-7-6-12(10)11;1-9(2)10-7-8-13-12-6-4-3-5-11(10)12;1-9(2)11-8-7-10-5-3-4-6-12(10)13-11;1-9(2)12-11-6-4-3-5-10(11)7-8-13-12;1-8(2)9-4-3-5-10-11(9)13-7-6-12-10/h2*3-10H,1-2H3;4*3-9H,1-2H3;3-8H,1-2H3. The van der Waals surface area contributed by atoms with Gasteiger partial charge >= 0.3 is 0 Å². The molecule has 14 rings (SSSR count). The summed E-state index contributed by atoms with van der Waals surface area (Å²) >= 11 is 0. The number of benzene rings is 9. The molecule has 0 saturated heterocycles. The van der Waals surface area contributed by atoms with Crippen LogP contribution in [0.25, 0.3) is 75.9 Å². The van der Waals surface area contributed by atoms with Gasteiger partial charge in [0.25, 0.3) is 0 Å². The molecule has 0 amide bonds. The minimum absolute atomic E-state index is 0.492. The largest absolute Gasteiger partial charge is 0.264 e. The van der Waals surface area contributed by atoms with E-state index in [1.807, 2.05) is 55.1 Å². The molecule has 5 aromatic heterocycles. The highest BCUT2D eigenvalue weighted by molar-refractivity contribution is 5.88. The lowest BCUT2D eigenvalue weighted by atomic mass is 9.96. The molecule has 0 fully saturated rings. The van der Waals surface area contributed by atoms with Gasteiger partial charge in [-0.2, -0.15) is 0 Å². The smallest absolute Gasteiger partial charge is 0.0921 e. The fourth-order valence-electron chi connectivity index (χ4n) is 11.1. The molecule has 462 valence electrons. The highest BCUT2D eigenvalue weighted by Crippen LogP contribution is 2.29. The van der Waals surface area contributed by atoms with Crippen LogP contribution in [-0.2, 0) is 0 Å². The van der Waals surface area contributed by atoms with Gasteiger partial charge in [0.2, 0.25) is 0 Å². The van der Waals surface area contributed by atoms with Crippen molar-refractivity contribution < 1.29 is 0 Å². The number of pyridine rings is 4. The van der Waals surface area contributed by atoms with E-state index in [-0.39, 0.29) is 0 Å². The molecule has 0 aliphatic rings. The predicted molar refractivity (Wildman–Crippen MR) is 393 cm³/mol. The quantitative estimate of drug-likeness (QED) is 0.158. The van der Waals surface area contributed by atoms with E-state index in [1.54, 1.807) is 12.4 Å².